The number of benzene rings is 3. The highest BCUT2D eigenvalue weighted by Crippen LogP contribution is 2.35. The molecule has 2 atom stereocenters. The Labute approximate surface area is 189 Å². The van der Waals surface area contributed by atoms with Gasteiger partial charge in [-0.15, -0.1) is 0 Å². The van der Waals surface area contributed by atoms with Gasteiger partial charge in [-0.3, -0.25) is 4.79 Å². The smallest absolute Gasteiger partial charge is 0.221 e. The monoisotopic (exact) mass is 426 g/mol. The number of methoxy groups -OCH3 is 1. The highest BCUT2D eigenvalue weighted by molar-refractivity contribution is 5.88. The summed E-state index contributed by atoms with van der Waals surface area (Å²) < 4.78 is 5.34. The first-order chi connectivity index (χ1) is 15.6. The van der Waals surface area contributed by atoms with Crippen molar-refractivity contribution in [2.45, 2.75) is 38.6 Å². The van der Waals surface area contributed by atoms with Crippen LogP contribution in [0.5, 0.6) is 5.75 Å². The number of carbonyl (C=O) groups is 1. The molecule has 0 fully saturated rings. The molecular weight excluding hydrogens is 396 g/mol. The summed E-state index contributed by atoms with van der Waals surface area (Å²) in [7, 11) is 1.66. The highest BCUT2D eigenvalue weighted by Gasteiger charge is 2.23. The molecule has 0 saturated carbocycles. The second-order valence-electron chi connectivity index (χ2n) is 8.17. The number of fused-ring (bicyclic) bond motifs is 1. The molecule has 0 radical (unpaired) electrons. The molecule has 0 aliphatic heterocycles. The standard InChI is InChI=1S/C28H30N2O2/c1-4-20-11-8-12-24-26(18-29-28(20)24)25(22-13-15-23(32-3)16-14-22)17-27(31)30-19(2)21-9-6-5-7-10-21/h5-16,18-19,25,29H,4,17H2,1-3H3,(H,30,31). The van der Waals surface area contributed by atoms with E-state index in [2.05, 4.69) is 53.8 Å². The Morgan fingerprint density at radius 1 is 0.969 bits per heavy atom. The Hall–Kier alpha value is -3.53. The van der Waals surface area contributed by atoms with Gasteiger partial charge in [-0.2, -0.15) is 0 Å². The van der Waals surface area contributed by atoms with Gasteiger partial charge in [0.1, 0.15) is 5.75 Å². The zero-order valence-electron chi connectivity index (χ0n) is 18.9. The quantitative estimate of drug-likeness (QED) is 0.356. The summed E-state index contributed by atoms with van der Waals surface area (Å²) in [6, 6.07) is 24.4. The highest BCUT2D eigenvalue weighted by atomic mass is 16.5. The SMILES string of the molecule is CCc1cccc2c(C(CC(=O)NC(C)c3ccccc3)c3ccc(OC)cc3)c[nH]c12. The number of hydrogen-bond acceptors (Lipinski definition) is 2. The number of rotatable bonds is 8. The fraction of sp³-hybridized carbons (Fsp3) is 0.250. The van der Waals surface area contributed by atoms with Crippen molar-refractivity contribution in [3.05, 3.63) is 101 Å². The van der Waals surface area contributed by atoms with Crippen LogP contribution in [0.4, 0.5) is 0 Å². The number of hydrogen-bond donors (Lipinski definition) is 2. The predicted molar refractivity (Wildman–Crippen MR) is 130 cm³/mol. The lowest BCUT2D eigenvalue weighted by Crippen LogP contribution is -2.28. The van der Waals surface area contributed by atoms with Crippen LogP contribution in [0.3, 0.4) is 0 Å². The molecule has 2 unspecified atom stereocenters. The molecule has 2 N–H and O–H groups in total. The second-order valence-corrected chi connectivity index (χ2v) is 8.17. The first-order valence-electron chi connectivity index (χ1n) is 11.2. The second kappa shape index (κ2) is 9.73. The van der Waals surface area contributed by atoms with Crippen molar-refractivity contribution in [1.29, 1.82) is 0 Å². The molecule has 4 heteroatoms. The van der Waals surface area contributed by atoms with Crippen molar-refractivity contribution in [2.75, 3.05) is 7.11 Å². The van der Waals surface area contributed by atoms with Crippen LogP contribution in [0.2, 0.25) is 0 Å². The maximum absolute atomic E-state index is 13.1. The van der Waals surface area contributed by atoms with Gasteiger partial charge >= 0.3 is 0 Å². The van der Waals surface area contributed by atoms with Crippen molar-refractivity contribution in [2.24, 2.45) is 0 Å². The zero-order valence-corrected chi connectivity index (χ0v) is 18.9. The van der Waals surface area contributed by atoms with E-state index < -0.39 is 0 Å². The molecule has 4 rings (SSSR count). The third-order valence-electron chi connectivity index (χ3n) is 6.17. The van der Waals surface area contributed by atoms with Crippen LogP contribution in [0.1, 0.15) is 54.5 Å². The predicted octanol–water partition coefficient (Wildman–Crippen LogP) is 6.14. The lowest BCUT2D eigenvalue weighted by molar-refractivity contribution is -0.121. The zero-order chi connectivity index (χ0) is 22.5. The fourth-order valence-corrected chi connectivity index (χ4v) is 4.38. The number of aryl methyl sites for hydroxylation is 1. The average molecular weight is 427 g/mol. The minimum absolute atomic E-state index is 0.0307. The maximum atomic E-state index is 13.1. The molecule has 32 heavy (non-hydrogen) atoms. The molecular formula is C28H30N2O2. The van der Waals surface area contributed by atoms with Gasteiger partial charge in [0.2, 0.25) is 5.91 Å². The van der Waals surface area contributed by atoms with Crippen molar-refractivity contribution in [3.8, 4) is 5.75 Å². The first kappa shape index (κ1) is 21.7. The topological polar surface area (TPSA) is 54.1 Å². The van der Waals surface area contributed by atoms with Crippen molar-refractivity contribution in [3.63, 3.8) is 0 Å². The number of amides is 1. The Bertz CT molecular complexity index is 1180. The third-order valence-corrected chi connectivity index (χ3v) is 6.17. The molecule has 0 spiro atoms. The largest absolute Gasteiger partial charge is 0.497 e. The average Bonchev–Trinajstić information content (AvgIpc) is 3.27. The molecule has 3 aromatic carbocycles. The molecule has 0 saturated heterocycles. The Kier molecular flexibility index (Phi) is 6.60. The van der Waals surface area contributed by atoms with E-state index in [0.29, 0.717) is 6.42 Å². The van der Waals surface area contributed by atoms with E-state index in [1.54, 1.807) is 7.11 Å². The van der Waals surface area contributed by atoms with Gasteiger partial charge in [0.25, 0.3) is 0 Å². The molecule has 0 aliphatic carbocycles. The normalized spacial score (nSPS) is 13.0. The van der Waals surface area contributed by atoms with Crippen molar-refractivity contribution >= 4 is 16.8 Å². The van der Waals surface area contributed by atoms with Gasteiger partial charge in [-0.25, -0.2) is 0 Å². The van der Waals surface area contributed by atoms with Crippen LogP contribution in [-0.4, -0.2) is 18.0 Å². The molecule has 0 aliphatic rings. The van der Waals surface area contributed by atoms with Gasteiger partial charge < -0.3 is 15.0 Å². The summed E-state index contributed by atoms with van der Waals surface area (Å²) in [5, 5.41) is 4.35. The number of aromatic amines is 1. The van der Waals surface area contributed by atoms with E-state index in [1.165, 1.54) is 10.9 Å². The van der Waals surface area contributed by atoms with Crippen LogP contribution in [0.25, 0.3) is 10.9 Å². The van der Waals surface area contributed by atoms with Crippen LogP contribution in [-0.2, 0) is 11.2 Å². The number of H-pyrrole nitrogens is 1. The van der Waals surface area contributed by atoms with Gasteiger partial charge in [0.15, 0.2) is 0 Å². The van der Waals surface area contributed by atoms with Gasteiger partial charge in [-0.05, 0) is 47.7 Å². The summed E-state index contributed by atoms with van der Waals surface area (Å²) in [5.41, 5.74) is 5.77. The van der Waals surface area contributed by atoms with Crippen LogP contribution in [0, 0.1) is 0 Å². The Morgan fingerprint density at radius 3 is 2.41 bits per heavy atom. The number of para-hydroxylation sites is 1. The van der Waals surface area contributed by atoms with Crippen molar-refractivity contribution in [1.82, 2.24) is 10.3 Å². The van der Waals surface area contributed by atoms with E-state index >= 15 is 0 Å². The minimum atomic E-state index is -0.0651. The molecule has 0 bridgehead atoms. The fourth-order valence-electron chi connectivity index (χ4n) is 4.38. The molecule has 1 aromatic heterocycles. The van der Waals surface area contributed by atoms with E-state index in [9.17, 15) is 4.79 Å². The molecule has 1 heterocycles. The van der Waals surface area contributed by atoms with E-state index in [0.717, 1.165) is 34.4 Å². The van der Waals surface area contributed by atoms with Crippen LogP contribution in [0.15, 0.2) is 79.0 Å². The van der Waals surface area contributed by atoms with Crippen molar-refractivity contribution < 1.29 is 9.53 Å². The number of aromatic nitrogens is 1. The molecule has 4 aromatic rings. The lowest BCUT2D eigenvalue weighted by Gasteiger charge is -2.20. The van der Waals surface area contributed by atoms with E-state index in [4.69, 9.17) is 4.74 Å². The number of nitrogens with one attached hydrogen (secondary N) is 2. The maximum Gasteiger partial charge on any atom is 0.221 e. The summed E-state index contributed by atoms with van der Waals surface area (Å²) >= 11 is 0. The minimum Gasteiger partial charge on any atom is -0.497 e. The van der Waals surface area contributed by atoms with E-state index in [1.807, 2.05) is 49.4 Å². The summed E-state index contributed by atoms with van der Waals surface area (Å²) in [6.07, 6.45) is 3.39. The molecule has 1 amide bonds. The summed E-state index contributed by atoms with van der Waals surface area (Å²) in [4.78, 5) is 16.6. The number of ether oxygens (including phenoxy) is 1. The summed E-state index contributed by atoms with van der Waals surface area (Å²) in [5.74, 6) is 0.773. The van der Waals surface area contributed by atoms with Gasteiger partial charge in [0.05, 0.1) is 13.2 Å². The molecule has 4 nitrogen and oxygen atoms in total. The summed E-state index contributed by atoms with van der Waals surface area (Å²) in [6.45, 7) is 4.18. The number of carbonyl (C=O) groups excluding carboxylic acids is 1. The lowest BCUT2D eigenvalue weighted by atomic mass is 9.87. The third kappa shape index (κ3) is 4.54. The van der Waals surface area contributed by atoms with Gasteiger partial charge in [-0.1, -0.05) is 67.6 Å². The van der Waals surface area contributed by atoms with Gasteiger partial charge in [0, 0.05) is 29.4 Å². The Balaban J connectivity index is 1.66. The first-order valence-corrected chi connectivity index (χ1v) is 11.2. The Morgan fingerprint density at radius 2 is 1.72 bits per heavy atom. The van der Waals surface area contributed by atoms with Crippen LogP contribution >= 0.6 is 0 Å². The molecule has 164 valence electrons. The van der Waals surface area contributed by atoms with E-state index in [-0.39, 0.29) is 17.9 Å². The van der Waals surface area contributed by atoms with Crippen LogP contribution < -0.4 is 10.1 Å².